The maximum absolute atomic E-state index is 13.1. The summed E-state index contributed by atoms with van der Waals surface area (Å²) in [4.78, 5) is 11.6. The average molecular weight is 435 g/mol. The van der Waals surface area contributed by atoms with Crippen LogP contribution in [0.5, 0.6) is 11.5 Å². The molecule has 1 aromatic carbocycles. The van der Waals surface area contributed by atoms with Gasteiger partial charge in [-0.15, -0.1) is 0 Å². The zero-order valence-electron chi connectivity index (χ0n) is 18.1. The number of hydrogen-bond acceptors (Lipinski definition) is 8. The monoisotopic (exact) mass is 435 g/mol. The van der Waals surface area contributed by atoms with Crippen LogP contribution in [-0.2, 0) is 19.8 Å². The Labute approximate surface area is 178 Å². The molecule has 0 amide bonds. The van der Waals surface area contributed by atoms with E-state index in [1.54, 1.807) is 28.1 Å². The molecule has 1 aliphatic rings. The van der Waals surface area contributed by atoms with Gasteiger partial charge in [-0.1, -0.05) is 0 Å². The third kappa shape index (κ3) is 5.31. The second-order valence-electron chi connectivity index (χ2n) is 6.90. The number of aromatic nitrogens is 2. The maximum atomic E-state index is 13.1. The van der Waals surface area contributed by atoms with Gasteiger partial charge in [0.1, 0.15) is 17.8 Å². The summed E-state index contributed by atoms with van der Waals surface area (Å²) in [5.41, 5.74) is 1.58. The Morgan fingerprint density at radius 1 is 0.967 bits per heavy atom. The summed E-state index contributed by atoms with van der Waals surface area (Å²) in [5, 5.41) is 0. The summed E-state index contributed by atoms with van der Waals surface area (Å²) < 4.78 is 34.8. The van der Waals surface area contributed by atoms with E-state index in [2.05, 4.69) is 9.88 Å². The molecule has 8 nitrogen and oxygen atoms in total. The fourth-order valence-electron chi connectivity index (χ4n) is 3.50. The minimum absolute atomic E-state index is 0.0245. The largest absolute Gasteiger partial charge is 0.493 e. The van der Waals surface area contributed by atoms with E-state index in [1.807, 2.05) is 24.3 Å². The van der Waals surface area contributed by atoms with Crippen molar-refractivity contribution in [3.05, 3.63) is 30.1 Å². The lowest BCUT2D eigenvalue weighted by Gasteiger charge is -2.20. The van der Waals surface area contributed by atoms with Crippen molar-refractivity contribution in [2.75, 3.05) is 45.4 Å². The predicted octanol–water partition coefficient (Wildman–Crippen LogP) is 4.53. The van der Waals surface area contributed by atoms with Gasteiger partial charge in [0.25, 0.3) is 0 Å². The molecular formula is C21H30N3O5P. The normalized spacial score (nSPS) is 14.2. The molecule has 1 aromatic heterocycles. The molecule has 0 spiro atoms. The first-order valence-electron chi connectivity index (χ1n) is 10.2. The molecule has 0 aliphatic carbocycles. The highest BCUT2D eigenvalue weighted by molar-refractivity contribution is 7.53. The Hall–Kier alpha value is -2.15. The minimum atomic E-state index is -3.32. The number of nitrogens with zero attached hydrogens (tertiary/aromatic N) is 3. The lowest BCUT2D eigenvalue weighted by molar-refractivity contribution is 0.218. The van der Waals surface area contributed by atoms with E-state index in [9.17, 15) is 4.57 Å². The number of hydrogen-bond donors (Lipinski definition) is 0. The predicted molar refractivity (Wildman–Crippen MR) is 117 cm³/mol. The van der Waals surface area contributed by atoms with E-state index in [1.165, 1.54) is 0 Å². The minimum Gasteiger partial charge on any atom is -0.493 e. The van der Waals surface area contributed by atoms with Crippen molar-refractivity contribution in [3.63, 3.8) is 0 Å². The second-order valence-corrected chi connectivity index (χ2v) is 8.95. The standard InChI is InChI=1S/C21H30N3O5P/c1-5-28-30(25,29-6-2)15-20-22-17(14-21(23-20)24-11-7-8-12-24)16-9-10-18(26-3)19(13-16)27-4/h9-10,13-14H,5-8,11-12,15H2,1-4H3. The Balaban J connectivity index is 2.03. The number of ether oxygens (including phenoxy) is 2. The van der Waals surface area contributed by atoms with E-state index in [4.69, 9.17) is 23.5 Å². The van der Waals surface area contributed by atoms with E-state index in [-0.39, 0.29) is 6.16 Å². The molecule has 3 rings (SSSR count). The molecule has 9 heteroatoms. The Kier molecular flexibility index (Phi) is 7.69. The molecule has 0 bridgehead atoms. The highest BCUT2D eigenvalue weighted by Gasteiger charge is 2.27. The Bertz CT molecular complexity index is 892. The third-order valence-corrected chi connectivity index (χ3v) is 6.83. The maximum Gasteiger partial charge on any atom is 0.338 e. The average Bonchev–Trinajstić information content (AvgIpc) is 3.28. The van der Waals surface area contributed by atoms with Gasteiger partial charge in [-0.25, -0.2) is 9.97 Å². The molecule has 0 saturated carbocycles. The molecule has 1 aliphatic heterocycles. The van der Waals surface area contributed by atoms with Crippen molar-refractivity contribution >= 4 is 13.4 Å². The lowest BCUT2D eigenvalue weighted by Crippen LogP contribution is -2.20. The zero-order chi connectivity index (χ0) is 21.6. The fourth-order valence-corrected chi connectivity index (χ4v) is 5.03. The number of benzene rings is 1. The number of rotatable bonds is 10. The van der Waals surface area contributed by atoms with Crippen LogP contribution in [-0.4, -0.2) is 50.5 Å². The Morgan fingerprint density at radius 2 is 1.63 bits per heavy atom. The summed E-state index contributed by atoms with van der Waals surface area (Å²) in [6.07, 6.45) is 2.28. The first-order valence-corrected chi connectivity index (χ1v) is 12.0. The molecule has 2 heterocycles. The molecule has 0 radical (unpaired) electrons. The van der Waals surface area contributed by atoms with E-state index in [0.29, 0.717) is 30.5 Å². The summed E-state index contributed by atoms with van der Waals surface area (Å²) in [5.74, 6) is 2.52. The van der Waals surface area contributed by atoms with Crippen molar-refractivity contribution in [3.8, 4) is 22.8 Å². The molecule has 30 heavy (non-hydrogen) atoms. The first kappa shape index (κ1) is 22.5. The van der Waals surface area contributed by atoms with Crippen molar-refractivity contribution in [2.45, 2.75) is 32.9 Å². The van der Waals surface area contributed by atoms with Crippen molar-refractivity contribution in [2.24, 2.45) is 0 Å². The third-order valence-electron chi connectivity index (χ3n) is 4.85. The van der Waals surface area contributed by atoms with Gasteiger partial charge >= 0.3 is 7.60 Å². The molecule has 0 atom stereocenters. The van der Waals surface area contributed by atoms with Crippen molar-refractivity contribution in [1.29, 1.82) is 0 Å². The van der Waals surface area contributed by atoms with Crippen LogP contribution >= 0.6 is 7.60 Å². The zero-order valence-corrected chi connectivity index (χ0v) is 19.0. The molecule has 1 saturated heterocycles. The van der Waals surface area contributed by atoms with Crippen LogP contribution in [0.3, 0.4) is 0 Å². The molecule has 164 valence electrons. The van der Waals surface area contributed by atoms with Gasteiger partial charge in [-0.3, -0.25) is 4.57 Å². The van der Waals surface area contributed by atoms with Crippen molar-refractivity contribution in [1.82, 2.24) is 9.97 Å². The van der Waals surface area contributed by atoms with Gasteiger partial charge in [0.15, 0.2) is 11.5 Å². The van der Waals surface area contributed by atoms with Gasteiger partial charge in [-0.05, 0) is 44.9 Å². The van der Waals surface area contributed by atoms with Crippen LogP contribution in [0.25, 0.3) is 11.3 Å². The summed E-state index contributed by atoms with van der Waals surface area (Å²) in [7, 11) is -0.118. The highest BCUT2D eigenvalue weighted by Crippen LogP contribution is 2.51. The summed E-state index contributed by atoms with van der Waals surface area (Å²) >= 11 is 0. The van der Waals surface area contributed by atoms with Crippen LogP contribution in [0.15, 0.2) is 24.3 Å². The van der Waals surface area contributed by atoms with Crippen molar-refractivity contribution < 1.29 is 23.1 Å². The van der Waals surface area contributed by atoms with Crippen LogP contribution in [0.4, 0.5) is 5.82 Å². The quantitative estimate of drug-likeness (QED) is 0.504. The van der Waals surface area contributed by atoms with Gasteiger partial charge in [0, 0.05) is 24.7 Å². The van der Waals surface area contributed by atoms with Gasteiger partial charge in [-0.2, -0.15) is 0 Å². The molecular weight excluding hydrogens is 405 g/mol. The van der Waals surface area contributed by atoms with Crippen LogP contribution in [0.2, 0.25) is 0 Å². The van der Waals surface area contributed by atoms with Crippen LogP contribution in [0.1, 0.15) is 32.5 Å². The highest BCUT2D eigenvalue weighted by atomic mass is 31.2. The summed E-state index contributed by atoms with van der Waals surface area (Å²) in [6.45, 7) is 6.06. The molecule has 1 fully saturated rings. The number of anilines is 1. The van der Waals surface area contributed by atoms with E-state index >= 15 is 0 Å². The molecule has 0 unspecified atom stereocenters. The smallest absolute Gasteiger partial charge is 0.338 e. The van der Waals surface area contributed by atoms with Crippen LogP contribution < -0.4 is 14.4 Å². The van der Waals surface area contributed by atoms with E-state index in [0.717, 1.165) is 43.0 Å². The topological polar surface area (TPSA) is 83.0 Å². The first-order chi connectivity index (χ1) is 14.5. The molecule has 0 N–H and O–H groups in total. The fraction of sp³-hybridized carbons (Fsp3) is 0.524. The van der Waals surface area contributed by atoms with E-state index < -0.39 is 7.60 Å². The Morgan fingerprint density at radius 3 is 2.23 bits per heavy atom. The van der Waals surface area contributed by atoms with Crippen LogP contribution in [0, 0.1) is 0 Å². The summed E-state index contributed by atoms with van der Waals surface area (Å²) in [6, 6.07) is 7.61. The number of methoxy groups -OCH3 is 2. The SMILES string of the molecule is CCOP(=O)(Cc1nc(-c2ccc(OC)c(OC)c2)cc(N2CCCC2)n1)OCC. The molecule has 2 aromatic rings. The second kappa shape index (κ2) is 10.2. The van der Waals surface area contributed by atoms with Gasteiger partial charge in [0.05, 0.1) is 33.1 Å². The van der Waals surface area contributed by atoms with Gasteiger partial charge in [0.2, 0.25) is 0 Å². The van der Waals surface area contributed by atoms with Gasteiger partial charge < -0.3 is 23.4 Å². The lowest BCUT2D eigenvalue weighted by atomic mass is 10.1.